The Morgan fingerprint density at radius 2 is 1.79 bits per heavy atom. The number of nitrogens with one attached hydrogen (secondary N) is 1. The lowest BCUT2D eigenvalue weighted by Gasteiger charge is -2.39. The van der Waals surface area contributed by atoms with Gasteiger partial charge in [-0.15, -0.1) is 0 Å². The van der Waals surface area contributed by atoms with Crippen molar-refractivity contribution in [3.63, 3.8) is 0 Å². The van der Waals surface area contributed by atoms with E-state index in [1.165, 1.54) is 44.0 Å². The average Bonchev–Trinajstić information content (AvgIpc) is 3.07. The van der Waals surface area contributed by atoms with E-state index in [-0.39, 0.29) is 24.4 Å². The number of ether oxygens (including phenoxy) is 3. The zero-order chi connectivity index (χ0) is 27.8. The Morgan fingerprint density at radius 3 is 2.46 bits per heavy atom. The fourth-order valence-corrected chi connectivity index (χ4v) is 5.19. The van der Waals surface area contributed by atoms with Crippen LogP contribution in [0.2, 0.25) is 0 Å². The van der Waals surface area contributed by atoms with Crippen molar-refractivity contribution in [2.24, 2.45) is 5.92 Å². The summed E-state index contributed by atoms with van der Waals surface area (Å²) in [5, 5.41) is 3.19. The molecule has 0 saturated carbocycles. The van der Waals surface area contributed by atoms with Crippen molar-refractivity contribution >= 4 is 5.95 Å². The fourth-order valence-electron chi connectivity index (χ4n) is 5.19. The first-order valence-electron chi connectivity index (χ1n) is 13.7. The number of piperidine rings is 1. The Labute approximate surface area is 230 Å². The lowest BCUT2D eigenvalue weighted by molar-refractivity contribution is 0.0231. The molecule has 0 spiro atoms. The molecule has 3 heterocycles. The molecule has 1 aliphatic carbocycles. The summed E-state index contributed by atoms with van der Waals surface area (Å²) in [6.07, 6.45) is 13.1. The number of rotatable bonds is 9. The normalized spacial score (nSPS) is 21.1. The number of hydrogen-bond acceptors (Lipinski definition) is 7. The Balaban J connectivity index is 1.26. The summed E-state index contributed by atoms with van der Waals surface area (Å²) in [7, 11) is 1.35. The number of aromatic nitrogens is 2. The van der Waals surface area contributed by atoms with Crippen molar-refractivity contribution in [2.75, 3.05) is 45.3 Å². The minimum atomic E-state index is -0.613. The van der Waals surface area contributed by atoms with E-state index in [9.17, 15) is 8.78 Å². The number of methoxy groups -OCH3 is 1. The second-order valence-corrected chi connectivity index (χ2v) is 10.5. The van der Waals surface area contributed by atoms with Crippen LogP contribution in [0.4, 0.5) is 14.7 Å². The fraction of sp³-hybridized carbons (Fsp3) is 0.533. The molecule has 0 amide bonds. The van der Waals surface area contributed by atoms with E-state index in [2.05, 4.69) is 39.3 Å². The maximum Gasteiger partial charge on any atom is 0.227 e. The predicted molar refractivity (Wildman–Crippen MR) is 148 cm³/mol. The first-order valence-corrected chi connectivity index (χ1v) is 13.7. The van der Waals surface area contributed by atoms with Gasteiger partial charge in [-0.2, -0.15) is 0 Å². The van der Waals surface area contributed by atoms with E-state index < -0.39 is 11.7 Å². The zero-order valence-electron chi connectivity index (χ0n) is 23.4. The highest BCUT2D eigenvalue weighted by Gasteiger charge is 2.27. The van der Waals surface area contributed by atoms with Gasteiger partial charge in [0.2, 0.25) is 5.95 Å². The van der Waals surface area contributed by atoms with Crippen LogP contribution >= 0.6 is 0 Å². The molecule has 1 N–H and O–H groups in total. The number of allylic oxidation sites excluding steroid dienone is 8. The summed E-state index contributed by atoms with van der Waals surface area (Å²) in [6.45, 7) is 9.72. The standard InChI is InChI=1S/C30H40F2N4O3/c1-20(23-7-11-36(12-8-23)25-9-13-38-14-10-25)5-6-22(3)35-30-33-17-26(18-34-30)39-19-24-16-27(31)21(2)15-28(37-4)29(24)32/h5-6,15,17-18,23,25H,7-14,16,19H2,1-4H3,(H,33,34,35)/b20-5+,22-6+. The molecule has 2 fully saturated rings. The van der Waals surface area contributed by atoms with Crippen LogP contribution in [0, 0.1) is 5.92 Å². The first-order chi connectivity index (χ1) is 18.8. The first kappa shape index (κ1) is 29.0. The Hall–Kier alpha value is -3.04. The molecule has 2 aliphatic heterocycles. The number of hydrogen-bond donors (Lipinski definition) is 1. The van der Waals surface area contributed by atoms with Crippen LogP contribution in [0.1, 0.15) is 52.9 Å². The van der Waals surface area contributed by atoms with Crippen LogP contribution in [0.15, 0.2) is 70.5 Å². The molecule has 9 heteroatoms. The topological polar surface area (TPSA) is 68.7 Å². The van der Waals surface area contributed by atoms with Crippen molar-refractivity contribution < 1.29 is 23.0 Å². The highest BCUT2D eigenvalue weighted by molar-refractivity contribution is 5.40. The molecule has 0 radical (unpaired) electrons. The highest BCUT2D eigenvalue weighted by Crippen LogP contribution is 2.31. The van der Waals surface area contributed by atoms with E-state index in [0.29, 0.717) is 29.2 Å². The van der Waals surface area contributed by atoms with E-state index in [4.69, 9.17) is 14.2 Å². The summed E-state index contributed by atoms with van der Waals surface area (Å²) < 4.78 is 45.2. The van der Waals surface area contributed by atoms with Crippen LogP contribution in [-0.4, -0.2) is 60.9 Å². The molecule has 3 aliphatic rings. The van der Waals surface area contributed by atoms with Gasteiger partial charge < -0.3 is 24.4 Å². The van der Waals surface area contributed by atoms with Crippen molar-refractivity contribution in [3.05, 3.63) is 70.5 Å². The number of anilines is 1. The molecule has 39 heavy (non-hydrogen) atoms. The van der Waals surface area contributed by atoms with Crippen LogP contribution in [-0.2, 0) is 9.47 Å². The van der Waals surface area contributed by atoms with Gasteiger partial charge in [0.25, 0.3) is 0 Å². The molecule has 1 aromatic rings. The third-order valence-electron chi connectivity index (χ3n) is 7.72. The van der Waals surface area contributed by atoms with Gasteiger partial charge in [0.1, 0.15) is 12.4 Å². The van der Waals surface area contributed by atoms with Crippen LogP contribution in [0.25, 0.3) is 0 Å². The van der Waals surface area contributed by atoms with Crippen molar-refractivity contribution in [1.29, 1.82) is 0 Å². The summed E-state index contributed by atoms with van der Waals surface area (Å²) >= 11 is 0. The third-order valence-corrected chi connectivity index (χ3v) is 7.72. The minimum Gasteiger partial charge on any atom is -0.494 e. The molecule has 2 saturated heterocycles. The van der Waals surface area contributed by atoms with Gasteiger partial charge in [0, 0.05) is 36.9 Å². The highest BCUT2D eigenvalue weighted by atomic mass is 19.1. The molecular weight excluding hydrogens is 502 g/mol. The molecule has 4 rings (SSSR count). The second-order valence-electron chi connectivity index (χ2n) is 10.5. The van der Waals surface area contributed by atoms with Crippen molar-refractivity contribution in [1.82, 2.24) is 14.9 Å². The summed E-state index contributed by atoms with van der Waals surface area (Å²) in [4.78, 5) is 11.2. The Morgan fingerprint density at radius 1 is 1.10 bits per heavy atom. The molecule has 0 atom stereocenters. The lowest BCUT2D eigenvalue weighted by atomic mass is 9.88. The largest absolute Gasteiger partial charge is 0.494 e. The molecule has 0 aromatic carbocycles. The maximum absolute atomic E-state index is 14.7. The van der Waals surface area contributed by atoms with Gasteiger partial charge in [-0.25, -0.2) is 18.7 Å². The summed E-state index contributed by atoms with van der Waals surface area (Å²) in [5.41, 5.74) is 2.81. The third kappa shape index (κ3) is 7.99. The van der Waals surface area contributed by atoms with Gasteiger partial charge in [-0.1, -0.05) is 11.6 Å². The summed E-state index contributed by atoms with van der Waals surface area (Å²) in [5.74, 6) is 0.354. The minimum absolute atomic E-state index is 0.0125. The van der Waals surface area contributed by atoms with Gasteiger partial charge >= 0.3 is 0 Å². The van der Waals surface area contributed by atoms with Crippen molar-refractivity contribution in [3.8, 4) is 5.75 Å². The van der Waals surface area contributed by atoms with E-state index in [0.717, 1.165) is 44.8 Å². The van der Waals surface area contributed by atoms with Gasteiger partial charge in [0.05, 0.1) is 19.5 Å². The Bertz CT molecular complexity index is 1140. The van der Waals surface area contributed by atoms with Gasteiger partial charge in [-0.3, -0.25) is 0 Å². The van der Waals surface area contributed by atoms with E-state index in [1.807, 2.05) is 6.92 Å². The number of nitrogens with zero attached hydrogens (tertiary/aromatic N) is 3. The quantitative estimate of drug-likeness (QED) is 0.362. The maximum atomic E-state index is 14.7. The molecule has 0 unspecified atom stereocenters. The number of halogens is 2. The van der Waals surface area contributed by atoms with Crippen molar-refractivity contribution in [2.45, 2.75) is 58.9 Å². The van der Waals surface area contributed by atoms with E-state index >= 15 is 0 Å². The molecule has 212 valence electrons. The van der Waals surface area contributed by atoms with Crippen LogP contribution in [0.5, 0.6) is 5.75 Å². The molecular formula is C30H40F2N4O3. The predicted octanol–water partition coefficient (Wildman–Crippen LogP) is 6.41. The van der Waals surface area contributed by atoms with Crippen LogP contribution in [0.3, 0.4) is 0 Å². The van der Waals surface area contributed by atoms with Gasteiger partial charge in [0.15, 0.2) is 17.3 Å². The number of likely N-dealkylation sites (tertiary alicyclic amines) is 1. The zero-order valence-corrected chi connectivity index (χ0v) is 23.4. The molecule has 7 nitrogen and oxygen atoms in total. The monoisotopic (exact) mass is 542 g/mol. The lowest BCUT2D eigenvalue weighted by Crippen LogP contribution is -2.44. The Kier molecular flexibility index (Phi) is 10.3. The van der Waals surface area contributed by atoms with E-state index in [1.54, 1.807) is 6.92 Å². The molecule has 0 bridgehead atoms. The second kappa shape index (κ2) is 13.8. The van der Waals surface area contributed by atoms with Crippen LogP contribution < -0.4 is 10.1 Å². The van der Waals surface area contributed by atoms with Gasteiger partial charge in [-0.05, 0) is 83.2 Å². The smallest absolute Gasteiger partial charge is 0.227 e. The average molecular weight is 543 g/mol. The SMILES string of the molecule is COC1=CC(C)=C(F)CC(COc2cnc(N/C(C)=C/C=C(\C)C3CCN(C4CCOCC4)CC3)nc2)=C1F. The molecule has 1 aromatic heterocycles. The summed E-state index contributed by atoms with van der Waals surface area (Å²) in [6, 6.07) is 0.687.